The molecule has 2 amide bonds. The summed E-state index contributed by atoms with van der Waals surface area (Å²) in [6, 6.07) is -0.294. The molecule has 18 heavy (non-hydrogen) atoms. The van der Waals surface area contributed by atoms with E-state index < -0.39 is 11.7 Å². The van der Waals surface area contributed by atoms with Gasteiger partial charge in [0.05, 0.1) is 12.6 Å². The highest BCUT2D eigenvalue weighted by Gasteiger charge is 2.24. The minimum atomic E-state index is -0.622. The van der Waals surface area contributed by atoms with Crippen LogP contribution in [0, 0.1) is 0 Å². The quantitative estimate of drug-likeness (QED) is 0.710. The lowest BCUT2D eigenvalue weighted by molar-refractivity contribution is -0.131. The lowest BCUT2D eigenvalue weighted by atomic mass is 10.2. The van der Waals surface area contributed by atoms with E-state index in [9.17, 15) is 9.59 Å². The summed E-state index contributed by atoms with van der Waals surface area (Å²) >= 11 is 0. The third kappa shape index (κ3) is 4.37. The molecule has 1 aliphatic rings. The molecule has 1 atom stereocenters. The van der Waals surface area contributed by atoms with Crippen molar-refractivity contribution in [2.45, 2.75) is 32.4 Å². The van der Waals surface area contributed by atoms with E-state index in [1.165, 1.54) is 4.90 Å². The Labute approximate surface area is 107 Å². The van der Waals surface area contributed by atoms with Crippen molar-refractivity contribution >= 4 is 12.0 Å². The van der Waals surface area contributed by atoms with Crippen LogP contribution < -0.4 is 5.32 Å². The molecule has 0 aromatic heterocycles. The van der Waals surface area contributed by atoms with E-state index in [0.29, 0.717) is 6.54 Å². The van der Waals surface area contributed by atoms with Crippen molar-refractivity contribution in [2.24, 2.45) is 0 Å². The Kier molecular flexibility index (Phi) is 4.72. The van der Waals surface area contributed by atoms with E-state index in [-0.39, 0.29) is 25.1 Å². The number of rotatable bonds is 3. The summed E-state index contributed by atoms with van der Waals surface area (Å²) in [5.41, 5.74) is -0.587. The normalized spacial score (nSPS) is 18.9. The molecule has 1 rings (SSSR count). The SMILES string of the molecule is CC(C)(C)OC(=O)NCC(=O)N1CC=CC1CO. The molecule has 102 valence electrons. The van der Waals surface area contributed by atoms with Crippen LogP contribution in [0.5, 0.6) is 0 Å². The number of hydrogen-bond donors (Lipinski definition) is 2. The summed E-state index contributed by atoms with van der Waals surface area (Å²) in [5, 5.41) is 11.5. The van der Waals surface area contributed by atoms with E-state index in [1.807, 2.05) is 6.08 Å². The molecule has 6 nitrogen and oxygen atoms in total. The van der Waals surface area contributed by atoms with Crippen molar-refractivity contribution in [2.75, 3.05) is 19.7 Å². The zero-order valence-electron chi connectivity index (χ0n) is 11.0. The minimum Gasteiger partial charge on any atom is -0.444 e. The molecule has 2 N–H and O–H groups in total. The fourth-order valence-corrected chi connectivity index (χ4v) is 1.58. The molecule has 6 heteroatoms. The number of ether oxygens (including phenoxy) is 1. The number of aliphatic hydroxyl groups excluding tert-OH is 1. The maximum absolute atomic E-state index is 11.8. The summed E-state index contributed by atoms with van der Waals surface area (Å²) in [5.74, 6) is -0.245. The minimum absolute atomic E-state index is 0.116. The molecule has 0 radical (unpaired) electrons. The maximum atomic E-state index is 11.8. The summed E-state index contributed by atoms with van der Waals surface area (Å²) < 4.78 is 5.02. The Bertz CT molecular complexity index is 346. The molecule has 0 aromatic rings. The van der Waals surface area contributed by atoms with Gasteiger partial charge >= 0.3 is 6.09 Å². The summed E-state index contributed by atoms with van der Waals surface area (Å²) in [7, 11) is 0. The highest BCUT2D eigenvalue weighted by atomic mass is 16.6. The van der Waals surface area contributed by atoms with Gasteiger partial charge in [0.2, 0.25) is 5.91 Å². The second-order valence-corrected chi connectivity index (χ2v) is 5.08. The molecule has 0 saturated heterocycles. The number of hydrogen-bond acceptors (Lipinski definition) is 4. The highest BCUT2D eigenvalue weighted by Crippen LogP contribution is 2.09. The zero-order chi connectivity index (χ0) is 13.8. The zero-order valence-corrected chi connectivity index (χ0v) is 11.0. The van der Waals surface area contributed by atoms with E-state index in [4.69, 9.17) is 9.84 Å². The van der Waals surface area contributed by atoms with Gasteiger partial charge in [-0.1, -0.05) is 12.2 Å². The molecular formula is C12H20N2O4. The summed E-state index contributed by atoms with van der Waals surface area (Å²) in [6.45, 7) is 5.46. The van der Waals surface area contributed by atoms with Crippen molar-refractivity contribution in [1.29, 1.82) is 0 Å². The Hall–Kier alpha value is -1.56. The van der Waals surface area contributed by atoms with Gasteiger partial charge in [0.15, 0.2) is 0 Å². The second-order valence-electron chi connectivity index (χ2n) is 5.08. The molecule has 1 aliphatic heterocycles. The number of nitrogens with zero attached hydrogens (tertiary/aromatic N) is 1. The lowest BCUT2D eigenvalue weighted by Gasteiger charge is -2.24. The van der Waals surface area contributed by atoms with Crippen LogP contribution in [0.4, 0.5) is 4.79 Å². The first-order valence-corrected chi connectivity index (χ1v) is 5.87. The Morgan fingerprint density at radius 3 is 2.72 bits per heavy atom. The number of alkyl carbamates (subject to hydrolysis) is 1. The van der Waals surface area contributed by atoms with Gasteiger partial charge < -0.3 is 20.1 Å². The molecule has 0 fully saturated rings. The third-order valence-electron chi connectivity index (χ3n) is 2.35. The number of carbonyl (C=O) groups is 2. The van der Waals surface area contributed by atoms with Crippen LogP contribution in [0.1, 0.15) is 20.8 Å². The number of amides is 2. The predicted octanol–water partition coefficient (Wildman–Crippen LogP) is 0.270. The van der Waals surface area contributed by atoms with Crippen molar-refractivity contribution in [3.8, 4) is 0 Å². The van der Waals surface area contributed by atoms with Gasteiger partial charge in [0.1, 0.15) is 12.1 Å². The molecule has 0 spiro atoms. The van der Waals surface area contributed by atoms with Crippen molar-refractivity contribution in [3.05, 3.63) is 12.2 Å². The van der Waals surface area contributed by atoms with Gasteiger partial charge in [-0.25, -0.2) is 4.79 Å². The van der Waals surface area contributed by atoms with Crippen molar-refractivity contribution in [1.82, 2.24) is 10.2 Å². The number of aliphatic hydroxyl groups is 1. The van der Waals surface area contributed by atoms with Gasteiger partial charge in [0, 0.05) is 6.54 Å². The fourth-order valence-electron chi connectivity index (χ4n) is 1.58. The topological polar surface area (TPSA) is 78.9 Å². The molecule has 0 saturated carbocycles. The molecule has 0 bridgehead atoms. The third-order valence-corrected chi connectivity index (χ3v) is 2.35. The van der Waals surface area contributed by atoms with E-state index in [2.05, 4.69) is 5.32 Å². The molecule has 0 aliphatic carbocycles. The van der Waals surface area contributed by atoms with Crippen LogP contribution in [0.15, 0.2) is 12.2 Å². The molecule has 0 aromatic carbocycles. The van der Waals surface area contributed by atoms with Crippen LogP contribution in [-0.4, -0.2) is 53.3 Å². The Morgan fingerprint density at radius 1 is 1.50 bits per heavy atom. The van der Waals surface area contributed by atoms with Gasteiger partial charge in [-0.15, -0.1) is 0 Å². The summed E-state index contributed by atoms with van der Waals surface area (Å²) in [6.07, 6.45) is 2.96. The molecular weight excluding hydrogens is 236 g/mol. The second kappa shape index (κ2) is 5.86. The van der Waals surface area contributed by atoms with Crippen LogP contribution in [0.2, 0.25) is 0 Å². The van der Waals surface area contributed by atoms with E-state index in [1.54, 1.807) is 26.8 Å². The standard InChI is InChI=1S/C12H20N2O4/c1-12(2,3)18-11(17)13-7-10(16)14-6-4-5-9(14)8-15/h4-5,9,15H,6-8H2,1-3H3,(H,13,17). The van der Waals surface area contributed by atoms with Crippen LogP contribution in [0.25, 0.3) is 0 Å². The first kappa shape index (κ1) is 14.5. The average molecular weight is 256 g/mol. The van der Waals surface area contributed by atoms with Crippen LogP contribution in [0.3, 0.4) is 0 Å². The Balaban J connectivity index is 2.35. The van der Waals surface area contributed by atoms with Crippen molar-refractivity contribution in [3.63, 3.8) is 0 Å². The lowest BCUT2D eigenvalue weighted by Crippen LogP contribution is -2.45. The van der Waals surface area contributed by atoms with Gasteiger partial charge in [-0.2, -0.15) is 0 Å². The first-order valence-electron chi connectivity index (χ1n) is 5.87. The average Bonchev–Trinajstić information content (AvgIpc) is 2.71. The van der Waals surface area contributed by atoms with E-state index in [0.717, 1.165) is 0 Å². The largest absolute Gasteiger partial charge is 0.444 e. The van der Waals surface area contributed by atoms with Gasteiger partial charge in [-0.3, -0.25) is 4.79 Å². The smallest absolute Gasteiger partial charge is 0.408 e. The van der Waals surface area contributed by atoms with E-state index >= 15 is 0 Å². The molecule has 1 heterocycles. The fraction of sp³-hybridized carbons (Fsp3) is 0.667. The molecule has 1 unspecified atom stereocenters. The van der Waals surface area contributed by atoms with Crippen LogP contribution in [-0.2, 0) is 9.53 Å². The van der Waals surface area contributed by atoms with Crippen LogP contribution >= 0.6 is 0 Å². The van der Waals surface area contributed by atoms with Crippen molar-refractivity contribution < 1.29 is 19.4 Å². The number of carbonyl (C=O) groups excluding carboxylic acids is 2. The van der Waals surface area contributed by atoms with Gasteiger partial charge in [-0.05, 0) is 20.8 Å². The van der Waals surface area contributed by atoms with Gasteiger partial charge in [0.25, 0.3) is 0 Å². The first-order chi connectivity index (χ1) is 8.33. The number of nitrogens with one attached hydrogen (secondary N) is 1. The summed E-state index contributed by atoms with van der Waals surface area (Å²) in [4.78, 5) is 24.6. The maximum Gasteiger partial charge on any atom is 0.408 e. The Morgan fingerprint density at radius 2 is 2.17 bits per heavy atom. The highest BCUT2D eigenvalue weighted by molar-refractivity contribution is 5.83. The monoisotopic (exact) mass is 256 g/mol. The predicted molar refractivity (Wildman–Crippen MR) is 66.0 cm³/mol.